The molecule has 1 heterocycles. The van der Waals surface area contributed by atoms with Crippen molar-refractivity contribution in [3.8, 4) is 0 Å². The minimum absolute atomic E-state index is 0.179. The highest BCUT2D eigenvalue weighted by Gasteiger charge is 2.25. The maximum absolute atomic E-state index is 10.9. The Balaban J connectivity index is 2.00. The lowest BCUT2D eigenvalue weighted by molar-refractivity contribution is 0.0690. The maximum atomic E-state index is 10.9. The van der Waals surface area contributed by atoms with Gasteiger partial charge < -0.3 is 10.4 Å². The third kappa shape index (κ3) is 3.19. The second-order valence-corrected chi connectivity index (χ2v) is 5.86. The average molecular weight is 254 g/mol. The zero-order valence-electron chi connectivity index (χ0n) is 10.2. The Morgan fingerprint density at radius 2 is 2.35 bits per heavy atom. The molecule has 0 spiro atoms. The molecule has 2 rings (SSSR count). The Kier molecular flexibility index (Phi) is 3.66. The van der Waals surface area contributed by atoms with Gasteiger partial charge in [0.05, 0.1) is 0 Å². The highest BCUT2D eigenvalue weighted by Crippen LogP contribution is 2.35. The number of carboxylic acids is 1. The minimum Gasteiger partial charge on any atom is -0.476 e. The van der Waals surface area contributed by atoms with E-state index in [1.54, 1.807) is 6.92 Å². The fraction of sp³-hybridized carbons (Fsp3) is 0.667. The fourth-order valence-electron chi connectivity index (χ4n) is 1.91. The summed E-state index contributed by atoms with van der Waals surface area (Å²) in [4.78, 5) is 15.8. The Morgan fingerprint density at radius 1 is 1.65 bits per heavy atom. The molecule has 1 atom stereocenters. The van der Waals surface area contributed by atoms with Crippen molar-refractivity contribution in [2.75, 3.05) is 5.32 Å². The molecule has 1 aromatic rings. The SMILES string of the molecule is CCC(CC1CC1)Nc1nc(C(=O)O)c(C)s1. The summed E-state index contributed by atoms with van der Waals surface area (Å²) < 4.78 is 0. The zero-order valence-corrected chi connectivity index (χ0v) is 11.0. The molecular weight excluding hydrogens is 236 g/mol. The van der Waals surface area contributed by atoms with E-state index >= 15 is 0 Å². The molecule has 1 aliphatic carbocycles. The molecule has 1 unspecified atom stereocenters. The van der Waals surface area contributed by atoms with Crippen LogP contribution in [0.3, 0.4) is 0 Å². The predicted molar refractivity (Wildman–Crippen MR) is 68.9 cm³/mol. The summed E-state index contributed by atoms with van der Waals surface area (Å²) in [5.41, 5.74) is 0.179. The monoisotopic (exact) mass is 254 g/mol. The van der Waals surface area contributed by atoms with Gasteiger partial charge in [0.1, 0.15) is 0 Å². The molecule has 0 amide bonds. The second kappa shape index (κ2) is 5.04. The van der Waals surface area contributed by atoms with Crippen LogP contribution in [-0.2, 0) is 0 Å². The molecule has 0 bridgehead atoms. The summed E-state index contributed by atoms with van der Waals surface area (Å²) in [7, 11) is 0. The fourth-order valence-corrected chi connectivity index (χ4v) is 2.80. The number of carbonyl (C=O) groups is 1. The number of aromatic carboxylic acids is 1. The van der Waals surface area contributed by atoms with Crippen molar-refractivity contribution in [1.82, 2.24) is 4.98 Å². The molecule has 94 valence electrons. The number of hydrogen-bond donors (Lipinski definition) is 2. The van der Waals surface area contributed by atoms with Crippen LogP contribution in [0.25, 0.3) is 0 Å². The number of anilines is 1. The smallest absolute Gasteiger partial charge is 0.355 e. The van der Waals surface area contributed by atoms with Gasteiger partial charge in [0.25, 0.3) is 0 Å². The number of aryl methyl sites for hydroxylation is 1. The summed E-state index contributed by atoms with van der Waals surface area (Å²) in [6, 6.07) is 0.426. The predicted octanol–water partition coefficient (Wildman–Crippen LogP) is 3.14. The van der Waals surface area contributed by atoms with Crippen molar-refractivity contribution in [2.45, 2.75) is 45.6 Å². The van der Waals surface area contributed by atoms with Gasteiger partial charge in [0.2, 0.25) is 0 Å². The van der Waals surface area contributed by atoms with Crippen LogP contribution >= 0.6 is 11.3 Å². The van der Waals surface area contributed by atoms with E-state index < -0.39 is 5.97 Å². The Labute approximate surface area is 105 Å². The average Bonchev–Trinajstić information content (AvgIpc) is 3.00. The highest BCUT2D eigenvalue weighted by atomic mass is 32.1. The van der Waals surface area contributed by atoms with Crippen LogP contribution < -0.4 is 5.32 Å². The molecule has 17 heavy (non-hydrogen) atoms. The second-order valence-electron chi connectivity index (χ2n) is 4.66. The first-order valence-electron chi connectivity index (χ1n) is 6.07. The Bertz CT molecular complexity index is 413. The lowest BCUT2D eigenvalue weighted by Gasteiger charge is -2.15. The lowest BCUT2D eigenvalue weighted by Crippen LogP contribution is -2.19. The number of thiazole rings is 1. The largest absolute Gasteiger partial charge is 0.476 e. The molecule has 4 nitrogen and oxygen atoms in total. The molecule has 1 aliphatic rings. The number of nitrogens with zero attached hydrogens (tertiary/aromatic N) is 1. The molecule has 1 fully saturated rings. The van der Waals surface area contributed by atoms with E-state index in [2.05, 4.69) is 17.2 Å². The lowest BCUT2D eigenvalue weighted by atomic mass is 10.1. The van der Waals surface area contributed by atoms with Crippen molar-refractivity contribution in [1.29, 1.82) is 0 Å². The van der Waals surface area contributed by atoms with Gasteiger partial charge in [-0.1, -0.05) is 19.8 Å². The van der Waals surface area contributed by atoms with E-state index in [4.69, 9.17) is 5.11 Å². The van der Waals surface area contributed by atoms with Crippen LogP contribution in [-0.4, -0.2) is 22.1 Å². The molecule has 1 aromatic heterocycles. The highest BCUT2D eigenvalue weighted by molar-refractivity contribution is 7.15. The minimum atomic E-state index is -0.943. The molecule has 5 heteroatoms. The first-order valence-corrected chi connectivity index (χ1v) is 6.89. The maximum Gasteiger partial charge on any atom is 0.355 e. The van der Waals surface area contributed by atoms with Crippen LogP contribution in [0, 0.1) is 12.8 Å². The first-order chi connectivity index (χ1) is 8.10. The van der Waals surface area contributed by atoms with Gasteiger partial charge >= 0.3 is 5.97 Å². The van der Waals surface area contributed by atoms with Gasteiger partial charge in [-0.15, -0.1) is 11.3 Å². The van der Waals surface area contributed by atoms with Crippen LogP contribution in [0.2, 0.25) is 0 Å². The van der Waals surface area contributed by atoms with E-state index in [9.17, 15) is 4.79 Å². The van der Waals surface area contributed by atoms with Crippen LogP contribution in [0.1, 0.15) is 48.0 Å². The Hall–Kier alpha value is -1.10. The van der Waals surface area contributed by atoms with Crippen LogP contribution in [0.5, 0.6) is 0 Å². The topological polar surface area (TPSA) is 62.2 Å². The molecular formula is C12H18N2O2S. The molecule has 0 radical (unpaired) electrons. The van der Waals surface area contributed by atoms with Crippen molar-refractivity contribution in [3.05, 3.63) is 10.6 Å². The molecule has 0 aromatic carbocycles. The van der Waals surface area contributed by atoms with Crippen molar-refractivity contribution < 1.29 is 9.90 Å². The number of aromatic nitrogens is 1. The summed E-state index contributed by atoms with van der Waals surface area (Å²) in [5.74, 6) is -0.0745. The third-order valence-corrected chi connectivity index (χ3v) is 4.04. The number of nitrogens with one attached hydrogen (secondary N) is 1. The summed E-state index contributed by atoms with van der Waals surface area (Å²) >= 11 is 1.43. The molecule has 0 saturated heterocycles. The van der Waals surface area contributed by atoms with E-state index in [1.165, 1.54) is 30.6 Å². The van der Waals surface area contributed by atoms with Gasteiger partial charge in [0, 0.05) is 10.9 Å². The normalized spacial score (nSPS) is 16.8. The van der Waals surface area contributed by atoms with E-state index in [1.807, 2.05) is 0 Å². The van der Waals surface area contributed by atoms with Gasteiger partial charge in [-0.3, -0.25) is 0 Å². The first kappa shape index (κ1) is 12.4. The van der Waals surface area contributed by atoms with Crippen LogP contribution in [0.15, 0.2) is 0 Å². The number of rotatable bonds is 6. The number of hydrogen-bond acceptors (Lipinski definition) is 4. The third-order valence-electron chi connectivity index (χ3n) is 3.13. The van der Waals surface area contributed by atoms with Crippen molar-refractivity contribution in [2.24, 2.45) is 5.92 Å². The van der Waals surface area contributed by atoms with Crippen molar-refractivity contribution >= 4 is 22.4 Å². The summed E-state index contributed by atoms with van der Waals surface area (Å²) in [5, 5.41) is 13.0. The molecule has 0 aliphatic heterocycles. The van der Waals surface area contributed by atoms with E-state index in [0.29, 0.717) is 6.04 Å². The zero-order chi connectivity index (χ0) is 12.4. The summed E-state index contributed by atoms with van der Waals surface area (Å²) in [6.45, 7) is 3.95. The quantitative estimate of drug-likeness (QED) is 0.818. The van der Waals surface area contributed by atoms with Gasteiger partial charge in [-0.25, -0.2) is 9.78 Å². The van der Waals surface area contributed by atoms with E-state index in [-0.39, 0.29) is 5.69 Å². The molecule has 2 N–H and O–H groups in total. The molecule has 1 saturated carbocycles. The van der Waals surface area contributed by atoms with Crippen LogP contribution in [0.4, 0.5) is 5.13 Å². The van der Waals surface area contributed by atoms with E-state index in [0.717, 1.165) is 22.3 Å². The van der Waals surface area contributed by atoms with Gasteiger partial charge in [0.15, 0.2) is 10.8 Å². The van der Waals surface area contributed by atoms with Gasteiger partial charge in [-0.05, 0) is 25.7 Å². The Morgan fingerprint density at radius 3 is 2.82 bits per heavy atom. The van der Waals surface area contributed by atoms with Crippen molar-refractivity contribution in [3.63, 3.8) is 0 Å². The number of carboxylic acid groups (broad SMARTS) is 1. The summed E-state index contributed by atoms with van der Waals surface area (Å²) in [6.07, 6.45) is 4.92. The van der Waals surface area contributed by atoms with Gasteiger partial charge in [-0.2, -0.15) is 0 Å². The standard InChI is InChI=1S/C12H18N2O2S/c1-3-9(6-8-4-5-8)13-12-14-10(11(15)16)7(2)17-12/h8-9H,3-6H2,1-2H3,(H,13,14)(H,15,16).